The van der Waals surface area contributed by atoms with E-state index in [0.29, 0.717) is 0 Å². The number of hydrogen-bond donors (Lipinski definition) is 0. The van der Waals surface area contributed by atoms with Crippen molar-refractivity contribution < 1.29 is 0 Å². The van der Waals surface area contributed by atoms with Crippen molar-refractivity contribution in [3.63, 3.8) is 0 Å². The second kappa shape index (κ2) is 4.35. The molecule has 5 nitrogen and oxygen atoms in total. The Balaban J connectivity index is 2.34. The molecule has 0 N–H and O–H groups in total. The van der Waals surface area contributed by atoms with Crippen molar-refractivity contribution in [2.24, 2.45) is 0 Å². The summed E-state index contributed by atoms with van der Waals surface area (Å²) in [6.07, 6.45) is 1.56. The van der Waals surface area contributed by atoms with Crippen molar-refractivity contribution in [3.05, 3.63) is 42.2 Å². The van der Waals surface area contributed by atoms with Crippen LogP contribution in [0.4, 0.5) is 5.95 Å². The van der Waals surface area contributed by atoms with Crippen molar-refractivity contribution in [1.29, 1.82) is 0 Å². The molecule has 0 amide bonds. The van der Waals surface area contributed by atoms with Gasteiger partial charge in [0.25, 0.3) is 0 Å². The number of anilines is 1. The van der Waals surface area contributed by atoms with Gasteiger partial charge in [-0.05, 0) is 6.92 Å². The van der Waals surface area contributed by atoms with Crippen molar-refractivity contribution in [2.45, 2.75) is 6.92 Å². The Bertz CT molecular complexity index is 715. The van der Waals surface area contributed by atoms with Crippen LogP contribution in [0.3, 0.4) is 0 Å². The van der Waals surface area contributed by atoms with Gasteiger partial charge >= 0.3 is 0 Å². The number of aromatic nitrogens is 4. The highest BCUT2D eigenvalue weighted by Gasteiger charge is 2.15. The summed E-state index contributed by atoms with van der Waals surface area (Å²) in [5.74, 6) is 0.775. The molecule has 0 fully saturated rings. The molecule has 0 spiro atoms. The molecular weight excluding hydrogens is 238 g/mol. The first-order valence-corrected chi connectivity index (χ1v) is 6.11. The monoisotopic (exact) mass is 253 g/mol. The minimum absolute atomic E-state index is 0.775. The van der Waals surface area contributed by atoms with Gasteiger partial charge in [-0.2, -0.15) is 9.61 Å². The van der Waals surface area contributed by atoms with Gasteiger partial charge in [-0.25, -0.2) is 9.97 Å². The fourth-order valence-corrected chi connectivity index (χ4v) is 2.15. The first-order valence-electron chi connectivity index (χ1n) is 6.11. The fourth-order valence-electron chi connectivity index (χ4n) is 2.15. The van der Waals surface area contributed by atoms with E-state index >= 15 is 0 Å². The smallest absolute Gasteiger partial charge is 0.228 e. The Morgan fingerprint density at radius 1 is 1.11 bits per heavy atom. The Labute approximate surface area is 111 Å². The van der Waals surface area contributed by atoms with Crippen molar-refractivity contribution in [3.8, 4) is 11.3 Å². The molecule has 0 atom stereocenters. The summed E-state index contributed by atoms with van der Waals surface area (Å²) >= 11 is 0. The summed E-state index contributed by atoms with van der Waals surface area (Å²) in [6, 6.07) is 10.1. The van der Waals surface area contributed by atoms with Crippen LogP contribution < -0.4 is 4.90 Å². The van der Waals surface area contributed by atoms with Gasteiger partial charge < -0.3 is 4.90 Å². The van der Waals surface area contributed by atoms with Crippen LogP contribution in [0.15, 0.2) is 36.7 Å². The minimum Gasteiger partial charge on any atom is -0.347 e. The van der Waals surface area contributed by atoms with E-state index < -0.39 is 0 Å². The van der Waals surface area contributed by atoms with Gasteiger partial charge in [0.1, 0.15) is 6.33 Å². The molecule has 0 aliphatic heterocycles. The summed E-state index contributed by atoms with van der Waals surface area (Å²) in [4.78, 5) is 11.0. The summed E-state index contributed by atoms with van der Waals surface area (Å²) in [7, 11) is 3.90. The van der Waals surface area contributed by atoms with Crippen LogP contribution in [0.25, 0.3) is 16.9 Å². The lowest BCUT2D eigenvalue weighted by Crippen LogP contribution is -2.17. The van der Waals surface area contributed by atoms with Gasteiger partial charge in [-0.15, -0.1) is 0 Å². The molecule has 2 aromatic heterocycles. The zero-order valence-electron chi connectivity index (χ0n) is 11.2. The molecule has 0 saturated heterocycles. The van der Waals surface area contributed by atoms with E-state index in [2.05, 4.69) is 22.2 Å². The topological polar surface area (TPSA) is 46.3 Å². The number of benzene rings is 1. The molecule has 0 radical (unpaired) electrons. The zero-order chi connectivity index (χ0) is 13.4. The fraction of sp³-hybridized carbons (Fsp3) is 0.214. The highest BCUT2D eigenvalue weighted by Crippen LogP contribution is 2.26. The van der Waals surface area contributed by atoms with Crippen LogP contribution >= 0.6 is 0 Å². The lowest BCUT2D eigenvalue weighted by atomic mass is 10.1. The predicted octanol–water partition coefficient (Wildman–Crippen LogP) is 2.17. The van der Waals surface area contributed by atoms with Gasteiger partial charge in [0.05, 0.1) is 5.69 Å². The van der Waals surface area contributed by atoms with E-state index in [1.54, 1.807) is 10.8 Å². The molecule has 5 heteroatoms. The zero-order valence-corrected chi connectivity index (χ0v) is 11.2. The van der Waals surface area contributed by atoms with Crippen LogP contribution in [0.1, 0.15) is 5.56 Å². The van der Waals surface area contributed by atoms with Gasteiger partial charge in [0.15, 0.2) is 5.65 Å². The molecular formula is C14H15N5. The van der Waals surface area contributed by atoms with Gasteiger partial charge in [0.2, 0.25) is 5.95 Å². The molecule has 3 rings (SSSR count). The quantitative estimate of drug-likeness (QED) is 0.702. The number of hydrogen-bond acceptors (Lipinski definition) is 4. The number of rotatable bonds is 2. The number of nitrogens with zero attached hydrogens (tertiary/aromatic N) is 5. The van der Waals surface area contributed by atoms with Crippen LogP contribution in [0, 0.1) is 6.92 Å². The molecule has 0 saturated carbocycles. The van der Waals surface area contributed by atoms with Crippen LogP contribution in [-0.2, 0) is 0 Å². The number of aryl methyl sites for hydroxylation is 1. The molecule has 3 aromatic rings. The first kappa shape index (κ1) is 11.6. The second-order valence-corrected chi connectivity index (χ2v) is 4.64. The Kier molecular flexibility index (Phi) is 2.67. The maximum atomic E-state index is 4.73. The summed E-state index contributed by atoms with van der Waals surface area (Å²) in [5, 5.41) is 4.24. The summed E-state index contributed by atoms with van der Waals surface area (Å²) in [6.45, 7) is 2.03. The van der Waals surface area contributed by atoms with Gasteiger partial charge in [0, 0.05) is 25.2 Å². The summed E-state index contributed by atoms with van der Waals surface area (Å²) in [5.41, 5.74) is 3.92. The highest BCUT2D eigenvalue weighted by atomic mass is 15.4. The largest absolute Gasteiger partial charge is 0.347 e. The molecule has 0 aliphatic carbocycles. The SMILES string of the molecule is Cc1c(-c2ccccc2)nc(N(C)C)n2ncnc12. The lowest BCUT2D eigenvalue weighted by molar-refractivity contribution is 0.868. The second-order valence-electron chi connectivity index (χ2n) is 4.64. The molecule has 1 aromatic carbocycles. The van der Waals surface area contributed by atoms with E-state index in [1.165, 1.54) is 0 Å². The Hall–Kier alpha value is -2.43. The van der Waals surface area contributed by atoms with Gasteiger partial charge in [-0.1, -0.05) is 30.3 Å². The normalized spacial score (nSPS) is 10.9. The number of fused-ring (bicyclic) bond motifs is 1. The van der Waals surface area contributed by atoms with Crippen LogP contribution in [0.5, 0.6) is 0 Å². The van der Waals surface area contributed by atoms with E-state index in [-0.39, 0.29) is 0 Å². The third-order valence-electron chi connectivity index (χ3n) is 3.09. The molecule has 2 heterocycles. The van der Waals surface area contributed by atoms with E-state index in [1.807, 2.05) is 44.1 Å². The van der Waals surface area contributed by atoms with Gasteiger partial charge in [-0.3, -0.25) is 0 Å². The molecule has 19 heavy (non-hydrogen) atoms. The maximum absolute atomic E-state index is 4.73. The van der Waals surface area contributed by atoms with Crippen LogP contribution in [-0.4, -0.2) is 33.7 Å². The Morgan fingerprint density at radius 3 is 2.53 bits per heavy atom. The first-order chi connectivity index (χ1) is 9.18. The third-order valence-corrected chi connectivity index (χ3v) is 3.09. The standard InChI is InChI=1S/C14H15N5/c1-10-12(11-7-5-4-6-8-11)17-14(18(2)3)19-13(10)15-9-16-19/h4-9H,1-3H3. The average Bonchev–Trinajstić information content (AvgIpc) is 2.89. The van der Waals surface area contributed by atoms with Crippen molar-refractivity contribution >= 4 is 11.6 Å². The van der Waals surface area contributed by atoms with Crippen molar-refractivity contribution in [1.82, 2.24) is 19.6 Å². The van der Waals surface area contributed by atoms with Crippen molar-refractivity contribution in [2.75, 3.05) is 19.0 Å². The molecule has 0 aliphatic rings. The molecule has 0 bridgehead atoms. The van der Waals surface area contributed by atoms with E-state index in [0.717, 1.165) is 28.4 Å². The molecule has 96 valence electrons. The summed E-state index contributed by atoms with van der Waals surface area (Å²) < 4.78 is 1.77. The lowest BCUT2D eigenvalue weighted by Gasteiger charge is -2.15. The maximum Gasteiger partial charge on any atom is 0.228 e. The Morgan fingerprint density at radius 2 is 1.84 bits per heavy atom. The highest BCUT2D eigenvalue weighted by molar-refractivity contribution is 5.71. The third kappa shape index (κ3) is 1.83. The van der Waals surface area contributed by atoms with E-state index in [9.17, 15) is 0 Å². The van der Waals surface area contributed by atoms with Crippen LogP contribution in [0.2, 0.25) is 0 Å². The predicted molar refractivity (Wildman–Crippen MR) is 75.3 cm³/mol. The van der Waals surface area contributed by atoms with E-state index in [4.69, 9.17) is 4.98 Å². The average molecular weight is 253 g/mol. The molecule has 0 unspecified atom stereocenters. The minimum atomic E-state index is 0.775.